The molecule has 8 heteroatoms. The van der Waals surface area contributed by atoms with Gasteiger partial charge in [0.1, 0.15) is 0 Å². The highest BCUT2D eigenvalue weighted by atomic mass is 16.5. The third-order valence-corrected chi connectivity index (χ3v) is 4.17. The van der Waals surface area contributed by atoms with Crippen molar-refractivity contribution < 1.29 is 9.53 Å². The number of nitrogens with two attached hydrogens (primary N) is 1. The minimum atomic E-state index is -0.417. The Balaban J connectivity index is 1.71. The van der Waals surface area contributed by atoms with Crippen LogP contribution in [0.2, 0.25) is 0 Å². The van der Waals surface area contributed by atoms with Gasteiger partial charge >= 0.3 is 5.97 Å². The van der Waals surface area contributed by atoms with E-state index in [9.17, 15) is 4.79 Å². The van der Waals surface area contributed by atoms with Gasteiger partial charge < -0.3 is 20.4 Å². The monoisotopic (exact) mass is 366 g/mol. The van der Waals surface area contributed by atoms with Crippen LogP contribution in [-0.2, 0) is 17.9 Å². The summed E-state index contributed by atoms with van der Waals surface area (Å²) in [5, 5.41) is 3.05. The normalized spacial score (nSPS) is 10.6. The number of nitrogens with one attached hydrogen (secondary N) is 1. The van der Waals surface area contributed by atoms with Crippen molar-refractivity contribution in [3.05, 3.63) is 59.2 Å². The number of anilines is 3. The minimum Gasteiger partial charge on any atom is -0.454 e. The zero-order valence-electron chi connectivity index (χ0n) is 15.6. The summed E-state index contributed by atoms with van der Waals surface area (Å²) in [6.45, 7) is 6.59. The first-order valence-corrected chi connectivity index (χ1v) is 8.64. The molecule has 0 aliphatic rings. The quantitative estimate of drug-likeness (QED) is 0.646. The van der Waals surface area contributed by atoms with Crippen molar-refractivity contribution in [1.29, 1.82) is 0 Å². The molecule has 0 spiro atoms. The summed E-state index contributed by atoms with van der Waals surface area (Å²) in [7, 11) is 0. The molecule has 3 N–H and O–H groups in total. The Bertz CT molecular complexity index is 952. The minimum absolute atomic E-state index is 0.0543. The fourth-order valence-corrected chi connectivity index (χ4v) is 2.91. The van der Waals surface area contributed by atoms with Gasteiger partial charge in [-0.15, -0.1) is 0 Å². The molecule has 0 fully saturated rings. The van der Waals surface area contributed by atoms with Crippen LogP contribution >= 0.6 is 0 Å². The van der Waals surface area contributed by atoms with E-state index in [2.05, 4.69) is 24.8 Å². The van der Waals surface area contributed by atoms with Gasteiger partial charge in [0.15, 0.2) is 12.4 Å². The van der Waals surface area contributed by atoms with Gasteiger partial charge in [0.2, 0.25) is 11.9 Å². The Labute approximate surface area is 157 Å². The zero-order chi connectivity index (χ0) is 19.4. The lowest BCUT2D eigenvalue weighted by Gasteiger charge is -2.08. The van der Waals surface area contributed by atoms with Crippen LogP contribution in [0.3, 0.4) is 0 Å². The molecule has 2 aromatic heterocycles. The van der Waals surface area contributed by atoms with Gasteiger partial charge in [-0.05, 0) is 39.0 Å². The van der Waals surface area contributed by atoms with Crippen LogP contribution in [0.25, 0.3) is 0 Å². The first-order chi connectivity index (χ1) is 13.0. The maximum Gasteiger partial charge on any atom is 0.340 e. The molecule has 3 aromatic rings. The summed E-state index contributed by atoms with van der Waals surface area (Å²) in [4.78, 5) is 24.8. The number of aromatic nitrogens is 4. The van der Waals surface area contributed by atoms with E-state index in [4.69, 9.17) is 10.5 Å². The summed E-state index contributed by atoms with van der Waals surface area (Å²) < 4.78 is 7.43. The van der Waals surface area contributed by atoms with Crippen molar-refractivity contribution in [3.8, 4) is 0 Å². The maximum atomic E-state index is 12.4. The molecule has 3 rings (SSSR count). The average molecular weight is 366 g/mol. The summed E-state index contributed by atoms with van der Waals surface area (Å²) in [6, 6.07) is 11.3. The molecule has 0 amide bonds. The number of hydrogen-bond donors (Lipinski definition) is 2. The van der Waals surface area contributed by atoms with Crippen LogP contribution in [-0.4, -0.2) is 25.5 Å². The molecule has 0 radical (unpaired) electrons. The van der Waals surface area contributed by atoms with Gasteiger partial charge in [-0.1, -0.05) is 18.2 Å². The second kappa shape index (κ2) is 7.86. The topological polar surface area (TPSA) is 108 Å². The number of carbonyl (C=O) groups excluding carboxylic acids is 1. The third-order valence-electron chi connectivity index (χ3n) is 4.17. The van der Waals surface area contributed by atoms with Gasteiger partial charge in [-0.2, -0.15) is 15.0 Å². The van der Waals surface area contributed by atoms with Gasteiger partial charge in [0.05, 0.1) is 5.56 Å². The molecule has 27 heavy (non-hydrogen) atoms. The van der Waals surface area contributed by atoms with Gasteiger partial charge in [0.25, 0.3) is 0 Å². The zero-order valence-corrected chi connectivity index (χ0v) is 15.6. The molecular formula is C19H22N6O2. The number of rotatable bonds is 6. The van der Waals surface area contributed by atoms with Crippen molar-refractivity contribution in [1.82, 2.24) is 19.5 Å². The van der Waals surface area contributed by atoms with Crippen molar-refractivity contribution in [2.75, 3.05) is 11.1 Å². The summed E-state index contributed by atoms with van der Waals surface area (Å²) in [5.41, 5.74) is 9.00. The van der Waals surface area contributed by atoms with Crippen molar-refractivity contribution in [3.63, 3.8) is 0 Å². The predicted octanol–water partition coefficient (Wildman–Crippen LogP) is 2.99. The standard InChI is InChI=1S/C19H22N6O2/c1-4-25-12(2)10-15(13(25)3)17(26)27-11-16-22-18(20)24-19(23-16)21-14-8-6-5-7-9-14/h5-10H,4,11H2,1-3H3,(H3,20,21,22,23,24). The summed E-state index contributed by atoms with van der Waals surface area (Å²) >= 11 is 0. The Hall–Kier alpha value is -3.42. The Morgan fingerprint density at radius 3 is 2.59 bits per heavy atom. The number of nitrogens with zero attached hydrogens (tertiary/aromatic N) is 4. The van der Waals surface area contributed by atoms with Gasteiger partial charge in [-0.25, -0.2) is 4.79 Å². The SMILES string of the molecule is CCn1c(C)cc(C(=O)OCc2nc(N)nc(Nc3ccccc3)n2)c1C. The molecule has 0 unspecified atom stereocenters. The molecule has 0 atom stereocenters. The molecule has 140 valence electrons. The number of nitrogen functional groups attached to an aromatic ring is 1. The first-order valence-electron chi connectivity index (χ1n) is 8.64. The van der Waals surface area contributed by atoms with Crippen LogP contribution in [0.1, 0.15) is 34.5 Å². The third kappa shape index (κ3) is 4.22. The molecule has 0 saturated carbocycles. The molecule has 0 aliphatic carbocycles. The van der Waals surface area contributed by atoms with Gasteiger partial charge in [0, 0.05) is 23.6 Å². The molecule has 1 aromatic carbocycles. The molecular weight excluding hydrogens is 344 g/mol. The highest BCUT2D eigenvalue weighted by Crippen LogP contribution is 2.17. The highest BCUT2D eigenvalue weighted by Gasteiger charge is 2.17. The summed E-state index contributed by atoms with van der Waals surface area (Å²) in [5.74, 6) is 0.209. The van der Waals surface area contributed by atoms with Gasteiger partial charge in [-0.3, -0.25) is 0 Å². The number of benzene rings is 1. The van der Waals surface area contributed by atoms with E-state index in [1.54, 1.807) is 0 Å². The van der Waals surface area contributed by atoms with Crippen LogP contribution < -0.4 is 11.1 Å². The lowest BCUT2D eigenvalue weighted by Crippen LogP contribution is -2.12. The molecule has 0 aliphatic heterocycles. The number of carbonyl (C=O) groups is 1. The maximum absolute atomic E-state index is 12.4. The molecule has 0 saturated heterocycles. The number of para-hydroxylation sites is 1. The highest BCUT2D eigenvalue weighted by molar-refractivity contribution is 5.91. The average Bonchev–Trinajstić information content (AvgIpc) is 2.94. The van der Waals surface area contributed by atoms with Crippen LogP contribution in [0.15, 0.2) is 36.4 Å². The number of hydrogen-bond acceptors (Lipinski definition) is 7. The van der Waals surface area contributed by atoms with Crippen LogP contribution in [0, 0.1) is 13.8 Å². The molecule has 0 bridgehead atoms. The van der Waals surface area contributed by atoms with Crippen molar-refractivity contribution in [2.24, 2.45) is 0 Å². The summed E-state index contributed by atoms with van der Waals surface area (Å²) in [6.07, 6.45) is 0. The number of ether oxygens (including phenoxy) is 1. The molecule has 8 nitrogen and oxygen atoms in total. The first kappa shape index (κ1) is 18.4. The van der Waals surface area contributed by atoms with E-state index in [1.807, 2.05) is 57.2 Å². The Morgan fingerprint density at radius 2 is 1.93 bits per heavy atom. The second-order valence-corrected chi connectivity index (χ2v) is 6.03. The van der Waals surface area contributed by atoms with Crippen LogP contribution in [0.5, 0.6) is 0 Å². The van der Waals surface area contributed by atoms with E-state index >= 15 is 0 Å². The fraction of sp³-hybridized carbons (Fsp3) is 0.263. The van der Waals surface area contributed by atoms with Crippen molar-refractivity contribution >= 4 is 23.6 Å². The van der Waals surface area contributed by atoms with E-state index < -0.39 is 5.97 Å². The van der Waals surface area contributed by atoms with Crippen LogP contribution in [0.4, 0.5) is 17.6 Å². The fourth-order valence-electron chi connectivity index (χ4n) is 2.91. The number of esters is 1. The van der Waals surface area contributed by atoms with E-state index in [0.29, 0.717) is 11.5 Å². The van der Waals surface area contributed by atoms with E-state index in [0.717, 1.165) is 23.6 Å². The largest absolute Gasteiger partial charge is 0.454 e. The smallest absolute Gasteiger partial charge is 0.340 e. The lowest BCUT2D eigenvalue weighted by atomic mass is 10.2. The molecule has 2 heterocycles. The Morgan fingerprint density at radius 1 is 1.19 bits per heavy atom. The number of aryl methyl sites for hydroxylation is 1. The van der Waals surface area contributed by atoms with E-state index in [-0.39, 0.29) is 18.4 Å². The van der Waals surface area contributed by atoms with Crippen molar-refractivity contribution in [2.45, 2.75) is 33.9 Å². The lowest BCUT2D eigenvalue weighted by molar-refractivity contribution is 0.0461. The Kier molecular flexibility index (Phi) is 5.35. The second-order valence-electron chi connectivity index (χ2n) is 6.03. The van der Waals surface area contributed by atoms with E-state index in [1.165, 1.54) is 0 Å². The predicted molar refractivity (Wildman–Crippen MR) is 103 cm³/mol.